The Morgan fingerprint density at radius 1 is 1.06 bits per heavy atom. The topological polar surface area (TPSA) is 61.8 Å². The fraction of sp³-hybridized carbons (Fsp3) is 0.522. The van der Waals surface area contributed by atoms with Crippen LogP contribution in [0.4, 0.5) is 28.3 Å². The first-order valence-electron chi connectivity index (χ1n) is 11.3. The minimum Gasteiger partial charge on any atom is -0.446 e. The Bertz CT molecular complexity index is 963. The lowest BCUT2D eigenvalue weighted by Crippen LogP contribution is -2.55. The van der Waals surface area contributed by atoms with Gasteiger partial charge >= 0.3 is 12.3 Å². The van der Waals surface area contributed by atoms with Gasteiger partial charge in [-0.15, -0.1) is 0 Å². The van der Waals surface area contributed by atoms with E-state index in [0.717, 1.165) is 50.4 Å². The van der Waals surface area contributed by atoms with Gasteiger partial charge in [-0.2, -0.15) is 13.2 Å². The number of rotatable bonds is 4. The highest BCUT2D eigenvalue weighted by atomic mass is 19.4. The zero-order chi connectivity index (χ0) is 24.3. The van der Waals surface area contributed by atoms with Crippen LogP contribution >= 0.6 is 0 Å². The van der Waals surface area contributed by atoms with Crippen molar-refractivity contribution in [1.29, 1.82) is 0 Å². The molecule has 0 bridgehead atoms. The Labute approximate surface area is 195 Å². The fourth-order valence-corrected chi connectivity index (χ4v) is 4.28. The zero-order valence-corrected chi connectivity index (χ0v) is 18.8. The van der Waals surface area contributed by atoms with Crippen LogP contribution in [-0.2, 0) is 17.5 Å². The number of halogens is 4. The molecule has 0 spiro atoms. The normalized spacial score (nSPS) is 20.4. The first-order valence-corrected chi connectivity index (χ1v) is 11.3. The van der Waals surface area contributed by atoms with Gasteiger partial charge < -0.3 is 14.5 Å². The number of piperidine rings is 1. The molecule has 4 rings (SSSR count). The third kappa shape index (κ3) is 5.94. The number of alkyl halides is 3. The molecule has 1 amide bonds. The van der Waals surface area contributed by atoms with Gasteiger partial charge in [-0.1, -0.05) is 12.1 Å². The van der Waals surface area contributed by atoms with E-state index in [1.165, 1.54) is 12.1 Å². The van der Waals surface area contributed by atoms with Gasteiger partial charge in [0, 0.05) is 57.7 Å². The maximum Gasteiger partial charge on any atom is 0.419 e. The van der Waals surface area contributed by atoms with Crippen LogP contribution in [0.5, 0.6) is 0 Å². The monoisotopic (exact) mass is 481 g/mol. The minimum absolute atomic E-state index is 0.166. The molecule has 11 heteroatoms. The summed E-state index contributed by atoms with van der Waals surface area (Å²) in [6.45, 7) is 5.33. The highest BCUT2D eigenvalue weighted by molar-refractivity contribution is 5.68. The van der Waals surface area contributed by atoms with Gasteiger partial charge in [0.1, 0.15) is 11.9 Å². The zero-order valence-electron chi connectivity index (χ0n) is 18.8. The van der Waals surface area contributed by atoms with Crippen molar-refractivity contribution in [2.24, 2.45) is 0 Å². The Morgan fingerprint density at radius 2 is 1.71 bits per heavy atom. The summed E-state index contributed by atoms with van der Waals surface area (Å²) in [7, 11) is 0. The van der Waals surface area contributed by atoms with Crippen LogP contribution in [0, 0.1) is 5.82 Å². The quantitative estimate of drug-likeness (QED) is 0.617. The van der Waals surface area contributed by atoms with E-state index in [2.05, 4.69) is 14.9 Å². The summed E-state index contributed by atoms with van der Waals surface area (Å²) in [6, 6.07) is 6.25. The van der Waals surface area contributed by atoms with E-state index in [1.807, 2.05) is 6.92 Å². The minimum atomic E-state index is -4.48. The number of hydrogen-bond donors (Lipinski definition) is 0. The summed E-state index contributed by atoms with van der Waals surface area (Å²) in [5, 5.41) is 0. The summed E-state index contributed by atoms with van der Waals surface area (Å²) in [5.41, 5.74) is 0.149. The number of amides is 1. The number of aromatic nitrogens is 2. The van der Waals surface area contributed by atoms with Crippen LogP contribution in [0.25, 0.3) is 0 Å². The standard InChI is InChI=1S/C23H27F4N5O2/c1-16-14-31(21-28-12-18(13-29-21)23(25,26)27)10-11-32(16)22(33)34-20-6-8-30(9-7-20)15-17-2-4-19(24)5-3-17/h2-5,12-13,16,20H,6-11,14-15H2,1H3/t16-/m1/s1. The molecule has 2 fully saturated rings. The number of ether oxygens (including phenoxy) is 1. The van der Waals surface area contributed by atoms with Crippen molar-refractivity contribution in [3.63, 3.8) is 0 Å². The second-order valence-electron chi connectivity index (χ2n) is 8.74. The van der Waals surface area contributed by atoms with Gasteiger partial charge in [0.2, 0.25) is 5.95 Å². The number of likely N-dealkylation sites (tertiary alicyclic amines) is 1. The van der Waals surface area contributed by atoms with Crippen LogP contribution in [0.2, 0.25) is 0 Å². The Morgan fingerprint density at radius 3 is 2.29 bits per heavy atom. The van der Waals surface area contributed by atoms with Gasteiger partial charge in [0.25, 0.3) is 0 Å². The Kier molecular flexibility index (Phi) is 7.20. The van der Waals surface area contributed by atoms with Crippen LogP contribution in [0.15, 0.2) is 36.7 Å². The van der Waals surface area contributed by atoms with Crippen LogP contribution in [0.1, 0.15) is 30.9 Å². The molecule has 0 saturated carbocycles. The third-order valence-electron chi connectivity index (χ3n) is 6.23. The van der Waals surface area contributed by atoms with Crippen molar-refractivity contribution in [3.05, 3.63) is 53.6 Å². The van der Waals surface area contributed by atoms with Crippen molar-refractivity contribution in [3.8, 4) is 0 Å². The number of carbonyl (C=O) groups is 1. The predicted molar refractivity (Wildman–Crippen MR) is 117 cm³/mol. The Balaban J connectivity index is 1.23. The molecule has 2 saturated heterocycles. The first-order chi connectivity index (χ1) is 16.2. The predicted octanol–water partition coefficient (Wildman–Crippen LogP) is 3.95. The molecule has 0 unspecified atom stereocenters. The Hall–Kier alpha value is -2.95. The molecule has 7 nitrogen and oxygen atoms in total. The number of benzene rings is 1. The summed E-state index contributed by atoms with van der Waals surface area (Å²) in [4.78, 5) is 26.1. The van der Waals surface area contributed by atoms with E-state index in [0.29, 0.717) is 19.6 Å². The maximum absolute atomic E-state index is 13.1. The average Bonchev–Trinajstić information content (AvgIpc) is 2.81. The van der Waals surface area contributed by atoms with E-state index in [9.17, 15) is 22.4 Å². The molecular weight excluding hydrogens is 454 g/mol. The lowest BCUT2D eigenvalue weighted by atomic mass is 10.1. The lowest BCUT2D eigenvalue weighted by molar-refractivity contribution is -0.138. The molecule has 2 aliphatic heterocycles. The summed E-state index contributed by atoms with van der Waals surface area (Å²) in [5.74, 6) is -0.0438. The van der Waals surface area contributed by atoms with Gasteiger partial charge in [0.05, 0.1) is 5.56 Å². The summed E-state index contributed by atoms with van der Waals surface area (Å²) >= 11 is 0. The molecule has 0 N–H and O–H groups in total. The van der Waals surface area contributed by atoms with E-state index >= 15 is 0 Å². The smallest absolute Gasteiger partial charge is 0.419 e. The van der Waals surface area contributed by atoms with Crippen molar-refractivity contribution < 1.29 is 27.1 Å². The first kappa shape index (κ1) is 24.2. The molecule has 1 aromatic heterocycles. The van der Waals surface area contributed by atoms with E-state index < -0.39 is 11.7 Å². The molecule has 1 aromatic carbocycles. The molecule has 184 valence electrons. The van der Waals surface area contributed by atoms with Crippen molar-refractivity contribution in [1.82, 2.24) is 19.8 Å². The molecule has 2 aromatic rings. The number of nitrogens with zero attached hydrogens (tertiary/aromatic N) is 5. The van der Waals surface area contributed by atoms with Crippen molar-refractivity contribution in [2.75, 3.05) is 37.6 Å². The van der Waals surface area contributed by atoms with Crippen LogP contribution in [0.3, 0.4) is 0 Å². The number of carbonyl (C=O) groups excluding carboxylic acids is 1. The fourth-order valence-electron chi connectivity index (χ4n) is 4.28. The number of anilines is 1. The molecule has 0 radical (unpaired) electrons. The summed E-state index contributed by atoms with van der Waals surface area (Å²) < 4.78 is 57.0. The van der Waals surface area contributed by atoms with Gasteiger partial charge in [-0.05, 0) is 37.5 Å². The van der Waals surface area contributed by atoms with Gasteiger partial charge in [-0.3, -0.25) is 4.90 Å². The highest BCUT2D eigenvalue weighted by Gasteiger charge is 2.34. The second kappa shape index (κ2) is 10.1. The van der Waals surface area contributed by atoms with Crippen LogP contribution in [-0.4, -0.2) is 70.7 Å². The summed E-state index contributed by atoms with van der Waals surface area (Å²) in [6.07, 6.45) is -2.03. The number of hydrogen-bond acceptors (Lipinski definition) is 6. The van der Waals surface area contributed by atoms with Gasteiger partial charge in [0.15, 0.2) is 0 Å². The molecular formula is C23H27F4N5O2. The van der Waals surface area contributed by atoms with E-state index in [-0.39, 0.29) is 30.0 Å². The van der Waals surface area contributed by atoms with Gasteiger partial charge in [-0.25, -0.2) is 19.2 Å². The SMILES string of the molecule is C[C@@H]1CN(c2ncc(C(F)(F)F)cn2)CCN1C(=O)OC1CCN(Cc2ccc(F)cc2)CC1. The molecule has 34 heavy (non-hydrogen) atoms. The molecule has 2 aliphatic rings. The molecule has 1 atom stereocenters. The van der Waals surface area contributed by atoms with Crippen LogP contribution < -0.4 is 4.90 Å². The van der Waals surface area contributed by atoms with E-state index in [4.69, 9.17) is 4.74 Å². The van der Waals surface area contributed by atoms with E-state index in [1.54, 1.807) is 21.9 Å². The molecule has 0 aliphatic carbocycles. The largest absolute Gasteiger partial charge is 0.446 e. The maximum atomic E-state index is 13.1. The number of piperazine rings is 1. The lowest BCUT2D eigenvalue weighted by Gasteiger charge is -2.40. The second-order valence-corrected chi connectivity index (χ2v) is 8.74. The van der Waals surface area contributed by atoms with Crippen molar-refractivity contribution >= 4 is 12.0 Å². The van der Waals surface area contributed by atoms with Crippen molar-refractivity contribution in [2.45, 2.75) is 44.6 Å². The third-order valence-corrected chi connectivity index (χ3v) is 6.23. The molecule has 3 heterocycles. The highest BCUT2D eigenvalue weighted by Crippen LogP contribution is 2.28. The average molecular weight is 481 g/mol.